The van der Waals surface area contributed by atoms with Gasteiger partial charge in [0.05, 0.1) is 16.8 Å². The van der Waals surface area contributed by atoms with Crippen LogP contribution in [0.4, 0.5) is 24.5 Å². The number of fused-ring (bicyclic) bond motifs is 1. The summed E-state index contributed by atoms with van der Waals surface area (Å²) in [5, 5.41) is 4.66. The highest BCUT2D eigenvalue weighted by Crippen LogP contribution is 2.38. The molecule has 2 amide bonds. The Labute approximate surface area is 187 Å². The van der Waals surface area contributed by atoms with Crippen LogP contribution in [-0.4, -0.2) is 36.1 Å². The number of cyclic esters (lactones) is 1. The maximum Gasteiger partial charge on any atom is 0.418 e. The van der Waals surface area contributed by atoms with Crippen molar-refractivity contribution in [2.24, 2.45) is 0 Å². The van der Waals surface area contributed by atoms with Gasteiger partial charge in [-0.3, -0.25) is 9.59 Å². The van der Waals surface area contributed by atoms with E-state index in [4.69, 9.17) is 9.47 Å². The monoisotopic (exact) mass is 462 g/mol. The highest BCUT2D eigenvalue weighted by atomic mass is 19.4. The van der Waals surface area contributed by atoms with E-state index in [2.05, 4.69) is 10.6 Å². The summed E-state index contributed by atoms with van der Waals surface area (Å²) in [5.41, 5.74) is -2.56. The number of carbonyl (C=O) groups is 3. The fourth-order valence-electron chi connectivity index (χ4n) is 3.89. The summed E-state index contributed by atoms with van der Waals surface area (Å²) in [7, 11) is 0. The number of carbonyl (C=O) groups excluding carboxylic acids is 3. The van der Waals surface area contributed by atoms with Crippen molar-refractivity contribution < 1.29 is 37.0 Å². The molecule has 10 heteroatoms. The van der Waals surface area contributed by atoms with Crippen LogP contribution in [0.3, 0.4) is 0 Å². The second-order valence-electron chi connectivity index (χ2n) is 8.16. The molecule has 0 spiro atoms. The van der Waals surface area contributed by atoms with E-state index >= 15 is 0 Å². The van der Waals surface area contributed by atoms with Crippen LogP contribution in [0, 0.1) is 0 Å². The van der Waals surface area contributed by atoms with Crippen molar-refractivity contribution in [3.05, 3.63) is 59.2 Å². The molecule has 2 N–H and O–H groups in total. The highest BCUT2D eigenvalue weighted by molar-refractivity contribution is 6.03. The van der Waals surface area contributed by atoms with E-state index in [9.17, 15) is 27.6 Å². The fraction of sp³-hybridized carbons (Fsp3) is 0.348. The fourth-order valence-corrected chi connectivity index (χ4v) is 3.89. The van der Waals surface area contributed by atoms with Gasteiger partial charge in [-0.05, 0) is 49.6 Å². The van der Waals surface area contributed by atoms with Crippen molar-refractivity contribution in [2.45, 2.75) is 44.1 Å². The molecule has 2 unspecified atom stereocenters. The molecule has 1 saturated heterocycles. The van der Waals surface area contributed by atoms with Gasteiger partial charge >= 0.3 is 12.1 Å². The Morgan fingerprint density at radius 1 is 1.12 bits per heavy atom. The largest absolute Gasteiger partial charge is 0.445 e. The van der Waals surface area contributed by atoms with Crippen molar-refractivity contribution in [3.8, 4) is 0 Å². The predicted octanol–water partition coefficient (Wildman–Crippen LogP) is 3.93. The second kappa shape index (κ2) is 8.51. The lowest BCUT2D eigenvalue weighted by atomic mass is 9.89. The number of alkyl halides is 3. The first-order valence-electron chi connectivity index (χ1n) is 10.3. The molecule has 0 saturated carbocycles. The summed E-state index contributed by atoms with van der Waals surface area (Å²) < 4.78 is 51.7. The normalized spacial score (nSPS) is 22.3. The van der Waals surface area contributed by atoms with E-state index in [0.29, 0.717) is 30.6 Å². The third-order valence-corrected chi connectivity index (χ3v) is 5.63. The Kier molecular flexibility index (Phi) is 5.87. The quantitative estimate of drug-likeness (QED) is 0.672. The molecule has 7 nitrogen and oxygen atoms in total. The van der Waals surface area contributed by atoms with Crippen molar-refractivity contribution in [3.63, 3.8) is 0 Å². The number of anilines is 2. The van der Waals surface area contributed by atoms with Gasteiger partial charge in [0.25, 0.3) is 11.8 Å². The lowest BCUT2D eigenvalue weighted by molar-refractivity contribution is -0.137. The number of esters is 1. The maximum atomic E-state index is 13.7. The standard InChI is InChI=1S/C23H21F3N2O5/c1-22(12-13-5-2-3-6-15(13)20(30)33-22)21(31)28-17-9-8-14(11-16(17)23(24,25)26)27-19(29)18-7-4-10-32-18/h2-3,5-6,8-9,11,18H,4,7,10,12H2,1H3,(H,27,29)(H,28,31). The Bertz CT molecular complexity index is 1110. The zero-order valence-corrected chi connectivity index (χ0v) is 17.6. The lowest BCUT2D eigenvalue weighted by Gasteiger charge is -2.33. The summed E-state index contributed by atoms with van der Waals surface area (Å²) in [4.78, 5) is 37.4. The molecule has 2 aromatic carbocycles. The molecule has 2 heterocycles. The molecule has 4 rings (SSSR count). The Morgan fingerprint density at radius 3 is 2.58 bits per heavy atom. The van der Waals surface area contributed by atoms with Crippen molar-refractivity contribution >= 4 is 29.2 Å². The summed E-state index contributed by atoms with van der Waals surface area (Å²) >= 11 is 0. The van der Waals surface area contributed by atoms with E-state index in [0.717, 1.165) is 12.1 Å². The molecule has 33 heavy (non-hydrogen) atoms. The predicted molar refractivity (Wildman–Crippen MR) is 112 cm³/mol. The zero-order valence-electron chi connectivity index (χ0n) is 17.6. The van der Waals surface area contributed by atoms with Gasteiger partial charge < -0.3 is 20.1 Å². The molecular formula is C23H21F3N2O5. The Hall–Kier alpha value is -3.40. The topological polar surface area (TPSA) is 93.7 Å². The van der Waals surface area contributed by atoms with Crippen molar-refractivity contribution in [2.75, 3.05) is 17.2 Å². The van der Waals surface area contributed by atoms with E-state index in [1.807, 2.05) is 0 Å². The minimum absolute atomic E-state index is 0.0115. The first kappa shape index (κ1) is 22.8. The molecule has 2 atom stereocenters. The van der Waals surface area contributed by atoms with Crippen molar-refractivity contribution in [1.82, 2.24) is 0 Å². The van der Waals surface area contributed by atoms with Crippen LogP contribution in [0.25, 0.3) is 0 Å². The van der Waals surface area contributed by atoms with Gasteiger partial charge in [-0.15, -0.1) is 0 Å². The summed E-state index contributed by atoms with van der Waals surface area (Å²) in [6.07, 6.45) is -4.32. The van der Waals surface area contributed by atoms with E-state index in [-0.39, 0.29) is 12.1 Å². The molecule has 0 aliphatic carbocycles. The van der Waals surface area contributed by atoms with E-state index in [1.54, 1.807) is 24.3 Å². The SMILES string of the molecule is CC1(C(=O)Nc2ccc(NC(=O)C3CCCO3)cc2C(F)(F)F)Cc2ccccc2C(=O)O1. The Balaban J connectivity index is 1.56. The molecule has 2 aliphatic heterocycles. The average Bonchev–Trinajstić information content (AvgIpc) is 3.29. The van der Waals surface area contributed by atoms with E-state index < -0.39 is 46.9 Å². The smallest absolute Gasteiger partial charge is 0.418 e. The molecule has 174 valence electrons. The molecule has 0 aromatic heterocycles. The summed E-state index contributed by atoms with van der Waals surface area (Å²) in [5.74, 6) is -2.15. The minimum atomic E-state index is -4.82. The number of hydrogen-bond donors (Lipinski definition) is 2. The molecule has 0 radical (unpaired) electrons. The van der Waals surface area contributed by atoms with Crippen LogP contribution in [0.5, 0.6) is 0 Å². The van der Waals surface area contributed by atoms with Crippen LogP contribution >= 0.6 is 0 Å². The molecule has 2 aliphatic rings. The molecule has 0 bridgehead atoms. The van der Waals surface area contributed by atoms with Crippen LogP contribution in [-0.2, 0) is 31.7 Å². The number of halogens is 3. The van der Waals surface area contributed by atoms with Crippen LogP contribution in [0.2, 0.25) is 0 Å². The van der Waals surface area contributed by atoms with Crippen LogP contribution < -0.4 is 10.6 Å². The first-order chi connectivity index (χ1) is 15.6. The van der Waals surface area contributed by atoms with Crippen molar-refractivity contribution in [1.29, 1.82) is 0 Å². The molecular weight excluding hydrogens is 441 g/mol. The van der Waals surface area contributed by atoms with Gasteiger partial charge in [-0.1, -0.05) is 18.2 Å². The van der Waals surface area contributed by atoms with E-state index in [1.165, 1.54) is 13.0 Å². The van der Waals surface area contributed by atoms with Crippen LogP contribution in [0.15, 0.2) is 42.5 Å². The van der Waals surface area contributed by atoms with Gasteiger partial charge in [-0.2, -0.15) is 13.2 Å². The van der Waals surface area contributed by atoms with Gasteiger partial charge in [0.1, 0.15) is 6.10 Å². The molecule has 2 aromatic rings. The third-order valence-electron chi connectivity index (χ3n) is 5.63. The maximum absolute atomic E-state index is 13.7. The summed E-state index contributed by atoms with van der Waals surface area (Å²) in [6.45, 7) is 1.77. The second-order valence-corrected chi connectivity index (χ2v) is 8.16. The number of ether oxygens (including phenoxy) is 2. The first-order valence-corrected chi connectivity index (χ1v) is 10.3. The van der Waals surface area contributed by atoms with Gasteiger partial charge in [-0.25, -0.2) is 4.79 Å². The number of amides is 2. The molecule has 1 fully saturated rings. The third kappa shape index (κ3) is 4.70. The number of hydrogen-bond acceptors (Lipinski definition) is 5. The van der Waals surface area contributed by atoms with Gasteiger partial charge in [0.15, 0.2) is 5.60 Å². The van der Waals surface area contributed by atoms with Gasteiger partial charge in [0, 0.05) is 18.7 Å². The summed E-state index contributed by atoms with van der Waals surface area (Å²) in [6, 6.07) is 9.61. The lowest BCUT2D eigenvalue weighted by Crippen LogP contribution is -2.49. The number of benzene rings is 2. The Morgan fingerprint density at radius 2 is 1.88 bits per heavy atom. The van der Waals surface area contributed by atoms with Crippen LogP contribution in [0.1, 0.15) is 41.3 Å². The zero-order chi connectivity index (χ0) is 23.8. The number of rotatable bonds is 4. The highest BCUT2D eigenvalue weighted by Gasteiger charge is 2.44. The van der Waals surface area contributed by atoms with Gasteiger partial charge in [0.2, 0.25) is 0 Å². The average molecular weight is 462 g/mol. The minimum Gasteiger partial charge on any atom is -0.445 e. The number of nitrogens with one attached hydrogen (secondary N) is 2.